The van der Waals surface area contributed by atoms with Crippen LogP contribution in [-0.4, -0.2) is 36.5 Å². The minimum atomic E-state index is -0.655. The highest BCUT2D eigenvalue weighted by Gasteiger charge is 2.76. The van der Waals surface area contributed by atoms with E-state index in [0.29, 0.717) is 24.5 Å². The van der Waals surface area contributed by atoms with Gasteiger partial charge in [-0.2, -0.15) is 0 Å². The van der Waals surface area contributed by atoms with E-state index in [0.717, 1.165) is 12.3 Å². The highest BCUT2D eigenvalue weighted by atomic mass is 16.7. The molecule has 0 amide bonds. The van der Waals surface area contributed by atoms with Gasteiger partial charge in [-0.05, 0) is 37.0 Å². The van der Waals surface area contributed by atoms with Crippen molar-refractivity contribution < 1.29 is 19.0 Å². The van der Waals surface area contributed by atoms with E-state index in [2.05, 4.69) is 13.8 Å². The summed E-state index contributed by atoms with van der Waals surface area (Å²) in [5.41, 5.74) is -0.655. The number of ether oxygens (including phenoxy) is 3. The Balaban J connectivity index is 1.32. The van der Waals surface area contributed by atoms with Crippen LogP contribution in [0.25, 0.3) is 0 Å². The van der Waals surface area contributed by atoms with Crippen LogP contribution in [0.4, 0.5) is 0 Å². The highest BCUT2D eigenvalue weighted by molar-refractivity contribution is 5.84. The first-order chi connectivity index (χ1) is 9.60. The van der Waals surface area contributed by atoms with Gasteiger partial charge in [0.1, 0.15) is 12.2 Å². The second-order valence-corrected chi connectivity index (χ2v) is 7.41. The maximum atomic E-state index is 12.4. The van der Waals surface area contributed by atoms with Gasteiger partial charge in [-0.1, -0.05) is 26.7 Å². The molecule has 4 nitrogen and oxygen atoms in total. The Hall–Kier alpha value is -0.610. The Morgan fingerprint density at radius 3 is 2.95 bits per heavy atom. The van der Waals surface area contributed by atoms with E-state index in [1.807, 2.05) is 0 Å². The largest absolute Gasteiger partial charge is 0.463 e. The van der Waals surface area contributed by atoms with Crippen LogP contribution in [0.1, 0.15) is 46.0 Å². The van der Waals surface area contributed by atoms with Crippen molar-refractivity contribution in [3.8, 4) is 0 Å². The maximum Gasteiger partial charge on any atom is 0.341 e. The van der Waals surface area contributed by atoms with Crippen molar-refractivity contribution in [2.45, 2.75) is 69.9 Å². The van der Waals surface area contributed by atoms with E-state index in [4.69, 9.17) is 14.2 Å². The van der Waals surface area contributed by atoms with E-state index in [-0.39, 0.29) is 18.2 Å². The monoisotopic (exact) mass is 280 g/mol. The fourth-order valence-electron chi connectivity index (χ4n) is 4.40. The SMILES string of the molecule is CC1CCCC(COC(=O)C23CC(C)C4OC4C2O3)C1. The molecule has 2 aliphatic heterocycles. The molecule has 0 aromatic rings. The van der Waals surface area contributed by atoms with Crippen LogP contribution in [0, 0.1) is 17.8 Å². The number of hydrogen-bond acceptors (Lipinski definition) is 4. The summed E-state index contributed by atoms with van der Waals surface area (Å²) in [6.07, 6.45) is 6.18. The molecule has 0 spiro atoms. The number of fused-ring (bicyclic) bond motifs is 3. The molecule has 2 saturated heterocycles. The van der Waals surface area contributed by atoms with Crippen molar-refractivity contribution in [2.75, 3.05) is 6.61 Å². The third-order valence-corrected chi connectivity index (χ3v) is 5.63. The molecule has 0 N–H and O–H groups in total. The first kappa shape index (κ1) is 13.1. The van der Waals surface area contributed by atoms with E-state index in [9.17, 15) is 4.79 Å². The molecule has 4 rings (SSSR count). The third-order valence-electron chi connectivity index (χ3n) is 5.63. The molecule has 2 saturated carbocycles. The Kier molecular flexibility index (Phi) is 2.90. The molecular formula is C16H24O4. The first-order valence-electron chi connectivity index (χ1n) is 8.10. The molecule has 7 unspecified atom stereocenters. The second kappa shape index (κ2) is 4.44. The van der Waals surface area contributed by atoms with E-state index in [1.165, 1.54) is 25.7 Å². The van der Waals surface area contributed by atoms with Crippen molar-refractivity contribution in [3.05, 3.63) is 0 Å². The number of rotatable bonds is 3. The molecule has 2 aliphatic carbocycles. The van der Waals surface area contributed by atoms with E-state index >= 15 is 0 Å². The molecule has 2 heterocycles. The van der Waals surface area contributed by atoms with Crippen LogP contribution >= 0.6 is 0 Å². The molecule has 0 aromatic carbocycles. The van der Waals surface area contributed by atoms with Gasteiger partial charge in [0, 0.05) is 0 Å². The average Bonchev–Trinajstić information content (AvgIpc) is 3.27. The third kappa shape index (κ3) is 2.00. The molecule has 20 heavy (non-hydrogen) atoms. The fraction of sp³-hybridized carbons (Fsp3) is 0.938. The number of esters is 1. The number of epoxide rings is 2. The fourth-order valence-corrected chi connectivity index (χ4v) is 4.40. The Morgan fingerprint density at radius 1 is 1.30 bits per heavy atom. The van der Waals surface area contributed by atoms with Gasteiger partial charge in [-0.15, -0.1) is 0 Å². The van der Waals surface area contributed by atoms with E-state index in [1.54, 1.807) is 0 Å². The molecule has 112 valence electrons. The molecule has 0 bridgehead atoms. The standard InChI is InChI=1S/C16H24O4/c1-9-4-3-5-11(6-9)8-18-15(17)16-7-10(2)12-13(19-12)14(16)20-16/h9-14H,3-8H2,1-2H3. The number of carbonyl (C=O) groups is 1. The van der Waals surface area contributed by atoms with Crippen LogP contribution < -0.4 is 0 Å². The van der Waals surface area contributed by atoms with Gasteiger partial charge < -0.3 is 14.2 Å². The van der Waals surface area contributed by atoms with Crippen LogP contribution in [0.2, 0.25) is 0 Å². The number of carbonyl (C=O) groups excluding carboxylic acids is 1. The second-order valence-electron chi connectivity index (χ2n) is 7.41. The Bertz CT molecular complexity index is 421. The minimum Gasteiger partial charge on any atom is -0.463 e. The van der Waals surface area contributed by atoms with Crippen molar-refractivity contribution in [2.24, 2.45) is 17.8 Å². The lowest BCUT2D eigenvalue weighted by Gasteiger charge is -2.27. The van der Waals surface area contributed by atoms with Gasteiger partial charge in [-0.25, -0.2) is 4.79 Å². The maximum absolute atomic E-state index is 12.4. The predicted octanol–water partition coefficient (Wildman–Crippen LogP) is 2.30. The first-order valence-corrected chi connectivity index (χ1v) is 8.10. The topological polar surface area (TPSA) is 51.4 Å². The average molecular weight is 280 g/mol. The molecule has 0 radical (unpaired) electrons. The van der Waals surface area contributed by atoms with Gasteiger partial charge >= 0.3 is 5.97 Å². The van der Waals surface area contributed by atoms with Crippen molar-refractivity contribution in [1.29, 1.82) is 0 Å². The summed E-state index contributed by atoms with van der Waals surface area (Å²) in [7, 11) is 0. The van der Waals surface area contributed by atoms with Gasteiger partial charge in [0.15, 0.2) is 5.60 Å². The lowest BCUT2D eigenvalue weighted by Crippen LogP contribution is -2.39. The molecule has 4 aliphatic rings. The predicted molar refractivity (Wildman–Crippen MR) is 72.1 cm³/mol. The molecule has 7 atom stereocenters. The van der Waals surface area contributed by atoms with Crippen molar-refractivity contribution in [1.82, 2.24) is 0 Å². The summed E-state index contributed by atoms with van der Waals surface area (Å²) in [6.45, 7) is 5.00. The summed E-state index contributed by atoms with van der Waals surface area (Å²) in [6, 6.07) is 0. The molecular weight excluding hydrogens is 256 g/mol. The van der Waals surface area contributed by atoms with Crippen LogP contribution in [0.5, 0.6) is 0 Å². The Labute approximate surface area is 120 Å². The van der Waals surface area contributed by atoms with E-state index < -0.39 is 5.60 Å². The zero-order valence-corrected chi connectivity index (χ0v) is 12.3. The molecule has 4 fully saturated rings. The minimum absolute atomic E-state index is 0.0264. The Morgan fingerprint density at radius 2 is 2.15 bits per heavy atom. The van der Waals surface area contributed by atoms with Gasteiger partial charge in [0.2, 0.25) is 0 Å². The summed E-state index contributed by atoms with van der Waals surface area (Å²) >= 11 is 0. The van der Waals surface area contributed by atoms with Gasteiger partial charge in [0.25, 0.3) is 0 Å². The van der Waals surface area contributed by atoms with Crippen LogP contribution in [0.3, 0.4) is 0 Å². The zero-order valence-electron chi connectivity index (χ0n) is 12.3. The number of hydrogen-bond donors (Lipinski definition) is 0. The van der Waals surface area contributed by atoms with Crippen LogP contribution in [0.15, 0.2) is 0 Å². The van der Waals surface area contributed by atoms with Crippen molar-refractivity contribution >= 4 is 5.97 Å². The summed E-state index contributed by atoms with van der Waals surface area (Å²) in [4.78, 5) is 12.4. The smallest absolute Gasteiger partial charge is 0.341 e. The summed E-state index contributed by atoms with van der Waals surface area (Å²) in [5.74, 6) is 1.58. The molecule has 4 heteroatoms. The van der Waals surface area contributed by atoms with Crippen molar-refractivity contribution in [3.63, 3.8) is 0 Å². The summed E-state index contributed by atoms with van der Waals surface area (Å²) in [5, 5.41) is 0. The summed E-state index contributed by atoms with van der Waals surface area (Å²) < 4.78 is 16.9. The zero-order chi connectivity index (χ0) is 13.9. The van der Waals surface area contributed by atoms with Gasteiger partial charge in [-0.3, -0.25) is 0 Å². The van der Waals surface area contributed by atoms with Gasteiger partial charge in [0.05, 0.1) is 12.7 Å². The quantitative estimate of drug-likeness (QED) is 0.588. The molecule has 0 aromatic heterocycles. The highest BCUT2D eigenvalue weighted by Crippen LogP contribution is 2.58. The lowest BCUT2D eigenvalue weighted by molar-refractivity contribution is -0.152. The lowest BCUT2D eigenvalue weighted by atomic mass is 9.82. The van der Waals surface area contributed by atoms with Crippen LogP contribution in [-0.2, 0) is 19.0 Å². The normalized spacial score (nSPS) is 52.7.